The van der Waals surface area contributed by atoms with E-state index in [9.17, 15) is 9.90 Å². The van der Waals surface area contributed by atoms with E-state index in [1.165, 1.54) is 10.2 Å². The maximum absolute atomic E-state index is 11.4. The lowest BCUT2D eigenvalue weighted by molar-refractivity contribution is 0.434. The molecular weight excluding hydrogens is 394 g/mol. The first-order valence-corrected chi connectivity index (χ1v) is 9.55. The van der Waals surface area contributed by atoms with Gasteiger partial charge in [-0.05, 0) is 31.2 Å². The number of hydrogen-bond acceptors (Lipinski definition) is 7. The van der Waals surface area contributed by atoms with Gasteiger partial charge in [0.15, 0.2) is 0 Å². The van der Waals surface area contributed by atoms with Gasteiger partial charge in [-0.3, -0.25) is 9.78 Å². The van der Waals surface area contributed by atoms with Gasteiger partial charge in [0, 0.05) is 38.2 Å². The van der Waals surface area contributed by atoms with Crippen LogP contribution in [0.1, 0.15) is 5.69 Å². The number of anilines is 1. The van der Waals surface area contributed by atoms with Gasteiger partial charge in [0.05, 0.1) is 22.8 Å². The van der Waals surface area contributed by atoms with Crippen molar-refractivity contribution >= 4 is 22.4 Å². The number of aromatic hydroxyl groups is 1. The summed E-state index contributed by atoms with van der Waals surface area (Å²) in [5, 5.41) is 14.1. The van der Waals surface area contributed by atoms with Crippen LogP contribution in [-0.2, 0) is 0 Å². The van der Waals surface area contributed by atoms with Crippen molar-refractivity contribution in [2.75, 3.05) is 19.0 Å². The second-order valence-corrected chi connectivity index (χ2v) is 7.06. The van der Waals surface area contributed by atoms with E-state index in [-0.39, 0.29) is 5.88 Å². The fourth-order valence-corrected chi connectivity index (χ4v) is 3.07. The molecule has 0 amide bonds. The maximum Gasteiger partial charge on any atom is 0.254 e. The Labute approximate surface area is 177 Å². The lowest BCUT2D eigenvalue weighted by Gasteiger charge is -2.10. The molecule has 31 heavy (non-hydrogen) atoms. The third-order valence-electron chi connectivity index (χ3n) is 4.60. The molecule has 0 atom stereocenters. The summed E-state index contributed by atoms with van der Waals surface area (Å²) in [5.74, 6) is -0.226. The number of benzene rings is 1. The van der Waals surface area contributed by atoms with Gasteiger partial charge < -0.3 is 15.0 Å². The Morgan fingerprint density at radius 2 is 1.68 bits per heavy atom. The van der Waals surface area contributed by atoms with Crippen molar-refractivity contribution in [3.63, 3.8) is 0 Å². The molecule has 0 unspecified atom stereocenters. The van der Waals surface area contributed by atoms with Crippen LogP contribution in [0.5, 0.6) is 5.88 Å². The van der Waals surface area contributed by atoms with Crippen LogP contribution in [0.15, 0.2) is 65.7 Å². The molecule has 0 aliphatic rings. The monoisotopic (exact) mass is 415 g/mol. The third-order valence-corrected chi connectivity index (χ3v) is 4.60. The molecule has 9 nitrogen and oxygen atoms in total. The number of nitrogens with zero attached hydrogens (tertiary/aromatic N) is 6. The van der Waals surface area contributed by atoms with E-state index in [2.05, 4.69) is 25.0 Å². The minimum Gasteiger partial charge on any atom is -0.493 e. The second kappa shape index (κ2) is 8.23. The molecule has 0 fully saturated rings. The van der Waals surface area contributed by atoms with Crippen LogP contribution in [0.25, 0.3) is 28.1 Å². The summed E-state index contributed by atoms with van der Waals surface area (Å²) in [7, 11) is 4.02. The average molecular weight is 415 g/mol. The van der Waals surface area contributed by atoms with Crippen LogP contribution in [0.4, 0.5) is 5.69 Å². The highest BCUT2D eigenvalue weighted by Crippen LogP contribution is 2.23. The molecule has 4 heterocycles. The van der Waals surface area contributed by atoms with Crippen LogP contribution in [0.3, 0.4) is 0 Å². The zero-order valence-electron chi connectivity index (χ0n) is 17.3. The van der Waals surface area contributed by atoms with Crippen LogP contribution >= 0.6 is 0 Å². The fraction of sp³-hybridized carbons (Fsp3) is 0.136. The molecular formula is C22H21N7O2. The standard InChI is InChI=1S/C15H11N5O2.C7H10N2/c1-8-15(17-10-5-3-2-4-9(10)16-8)11-6-12-18-13(21)7-14(22)20(12)19-11;1-9(2)7-3-5-8-6-4-7/h2-7,22H,1H3,(H,18,21);3-6H,1-2H3. The molecule has 0 radical (unpaired) electrons. The normalized spacial score (nSPS) is 10.7. The first-order valence-electron chi connectivity index (χ1n) is 9.55. The Morgan fingerprint density at radius 3 is 2.32 bits per heavy atom. The molecule has 4 aromatic heterocycles. The Balaban J connectivity index is 0.000000217. The van der Waals surface area contributed by atoms with Gasteiger partial charge in [0.2, 0.25) is 5.88 Å². The van der Waals surface area contributed by atoms with E-state index in [0.29, 0.717) is 17.0 Å². The van der Waals surface area contributed by atoms with Crippen LogP contribution < -0.4 is 10.5 Å². The third kappa shape index (κ3) is 4.20. The highest BCUT2D eigenvalue weighted by molar-refractivity contribution is 5.78. The number of aromatic amines is 1. The van der Waals surface area contributed by atoms with Gasteiger partial charge in [-0.15, -0.1) is 0 Å². The van der Waals surface area contributed by atoms with Gasteiger partial charge in [-0.25, -0.2) is 9.97 Å². The molecule has 0 saturated heterocycles. The summed E-state index contributed by atoms with van der Waals surface area (Å²) in [4.78, 5) is 29.1. The van der Waals surface area contributed by atoms with E-state index in [1.54, 1.807) is 18.5 Å². The van der Waals surface area contributed by atoms with Crippen LogP contribution in [0.2, 0.25) is 0 Å². The molecule has 156 valence electrons. The quantitative estimate of drug-likeness (QED) is 0.456. The van der Waals surface area contributed by atoms with Gasteiger partial charge >= 0.3 is 0 Å². The number of nitrogens with one attached hydrogen (secondary N) is 1. The molecule has 1 aromatic carbocycles. The highest BCUT2D eigenvalue weighted by atomic mass is 16.3. The predicted octanol–water partition coefficient (Wildman–Crippen LogP) is 2.79. The number of para-hydroxylation sites is 2. The van der Waals surface area contributed by atoms with Gasteiger partial charge in [0.25, 0.3) is 5.56 Å². The molecule has 0 aliphatic carbocycles. The summed E-state index contributed by atoms with van der Waals surface area (Å²) in [6, 6.07) is 14.2. The molecule has 5 rings (SSSR count). The minimum atomic E-state index is -0.391. The molecule has 0 spiro atoms. The number of fused-ring (bicyclic) bond motifs is 2. The maximum atomic E-state index is 11.4. The number of rotatable bonds is 2. The molecule has 2 N–H and O–H groups in total. The van der Waals surface area contributed by atoms with Gasteiger partial charge in [0.1, 0.15) is 17.0 Å². The molecule has 0 bridgehead atoms. The van der Waals surface area contributed by atoms with Crippen molar-refractivity contribution in [2.45, 2.75) is 6.92 Å². The smallest absolute Gasteiger partial charge is 0.254 e. The van der Waals surface area contributed by atoms with Crippen LogP contribution in [0, 0.1) is 6.92 Å². The fourth-order valence-electron chi connectivity index (χ4n) is 3.07. The van der Waals surface area contributed by atoms with E-state index < -0.39 is 5.56 Å². The van der Waals surface area contributed by atoms with E-state index in [4.69, 9.17) is 0 Å². The number of aryl methyl sites for hydroxylation is 1. The number of pyridine rings is 1. The van der Waals surface area contributed by atoms with E-state index in [1.807, 2.05) is 62.3 Å². The molecule has 0 aliphatic heterocycles. The predicted molar refractivity (Wildman–Crippen MR) is 119 cm³/mol. The summed E-state index contributed by atoms with van der Waals surface area (Å²) in [6.45, 7) is 1.85. The summed E-state index contributed by atoms with van der Waals surface area (Å²) < 4.78 is 1.26. The zero-order chi connectivity index (χ0) is 22.0. The summed E-state index contributed by atoms with van der Waals surface area (Å²) in [6.07, 6.45) is 3.57. The van der Waals surface area contributed by atoms with Crippen molar-refractivity contribution in [1.29, 1.82) is 0 Å². The lowest BCUT2D eigenvalue weighted by Crippen LogP contribution is -2.07. The van der Waals surface area contributed by atoms with Crippen molar-refractivity contribution in [2.24, 2.45) is 0 Å². The Kier molecular flexibility index (Phi) is 5.31. The molecule has 9 heteroatoms. The number of aromatic nitrogens is 6. The highest BCUT2D eigenvalue weighted by Gasteiger charge is 2.13. The Bertz CT molecular complexity index is 1410. The van der Waals surface area contributed by atoms with Crippen molar-refractivity contribution in [1.82, 2.24) is 29.5 Å². The summed E-state index contributed by atoms with van der Waals surface area (Å²) in [5.41, 5.74) is 4.64. The van der Waals surface area contributed by atoms with Crippen molar-refractivity contribution in [3.05, 3.63) is 77.0 Å². The number of H-pyrrole nitrogens is 1. The molecule has 5 aromatic rings. The first kappa shape index (κ1) is 20.0. The molecule has 0 saturated carbocycles. The Hall–Kier alpha value is -4.27. The van der Waals surface area contributed by atoms with Gasteiger partial charge in [-0.1, -0.05) is 12.1 Å². The summed E-state index contributed by atoms with van der Waals surface area (Å²) >= 11 is 0. The SMILES string of the molecule is CN(C)c1ccncc1.Cc1nc2ccccc2nc1-c1cc2[nH]c(=O)cc(O)n2n1. The van der Waals surface area contributed by atoms with E-state index >= 15 is 0 Å². The minimum absolute atomic E-state index is 0.226. The van der Waals surface area contributed by atoms with Crippen molar-refractivity contribution < 1.29 is 5.11 Å². The largest absolute Gasteiger partial charge is 0.493 e. The average Bonchev–Trinajstić information content (AvgIpc) is 3.18. The van der Waals surface area contributed by atoms with E-state index in [0.717, 1.165) is 22.8 Å². The topological polar surface area (TPSA) is 112 Å². The second-order valence-electron chi connectivity index (χ2n) is 7.06. The lowest BCUT2D eigenvalue weighted by atomic mass is 10.2. The van der Waals surface area contributed by atoms with Gasteiger partial charge in [-0.2, -0.15) is 9.61 Å². The zero-order valence-corrected chi connectivity index (χ0v) is 17.3. The van der Waals surface area contributed by atoms with Crippen LogP contribution in [-0.4, -0.2) is 48.8 Å². The van der Waals surface area contributed by atoms with Crippen molar-refractivity contribution in [3.8, 4) is 17.3 Å². The number of hydrogen-bond donors (Lipinski definition) is 2. The first-order chi connectivity index (χ1) is 14.9. The Morgan fingerprint density at radius 1 is 1.00 bits per heavy atom.